The molecule has 1 N–H and O–H groups in total. The second-order valence-corrected chi connectivity index (χ2v) is 5.70. The van der Waals surface area contributed by atoms with Gasteiger partial charge < -0.3 is 5.32 Å². The number of hydrogen-bond acceptors (Lipinski definition) is 1. The second-order valence-electron chi connectivity index (χ2n) is 5.05. The van der Waals surface area contributed by atoms with Crippen LogP contribution in [0.1, 0.15) is 31.9 Å². The molecule has 2 nitrogen and oxygen atoms in total. The summed E-state index contributed by atoms with van der Waals surface area (Å²) in [6.07, 6.45) is 0.396. The van der Waals surface area contributed by atoms with E-state index in [0.717, 1.165) is 5.56 Å². The Hall–Kier alpha value is -1.02. The number of nitrogens with one attached hydrogen (secondary N) is 1. The zero-order valence-electron chi connectivity index (χ0n) is 10.9. The third-order valence-corrected chi connectivity index (χ3v) is 3.49. The Morgan fingerprint density at radius 1 is 1.35 bits per heavy atom. The Morgan fingerprint density at radius 2 is 1.88 bits per heavy atom. The van der Waals surface area contributed by atoms with Gasteiger partial charge in [0.1, 0.15) is 0 Å². The summed E-state index contributed by atoms with van der Waals surface area (Å²) in [7, 11) is 0. The van der Waals surface area contributed by atoms with Crippen molar-refractivity contribution in [2.75, 3.05) is 0 Å². The molecule has 1 rings (SSSR count). The Morgan fingerprint density at radius 3 is 2.35 bits per heavy atom. The summed E-state index contributed by atoms with van der Waals surface area (Å²) < 4.78 is 0. The van der Waals surface area contributed by atoms with Crippen molar-refractivity contribution >= 4 is 17.5 Å². The fourth-order valence-electron chi connectivity index (χ4n) is 1.39. The topological polar surface area (TPSA) is 29.1 Å². The highest BCUT2D eigenvalue weighted by Crippen LogP contribution is 2.15. The van der Waals surface area contributed by atoms with Crippen LogP contribution in [0.2, 0.25) is 0 Å². The van der Waals surface area contributed by atoms with Gasteiger partial charge in [-0.1, -0.05) is 29.8 Å². The number of halogens is 1. The first kappa shape index (κ1) is 14.0. The van der Waals surface area contributed by atoms with E-state index < -0.39 is 0 Å². The third-order valence-electron chi connectivity index (χ3n) is 2.94. The van der Waals surface area contributed by atoms with Crippen LogP contribution in [0.15, 0.2) is 24.3 Å². The SMILES string of the molecule is Cc1ccc(CC(=O)NC(C)(C)C(C)Cl)cc1. The lowest BCUT2D eigenvalue weighted by Gasteiger charge is -2.29. The zero-order chi connectivity index (χ0) is 13.1. The first-order valence-electron chi connectivity index (χ1n) is 5.82. The molecule has 0 saturated heterocycles. The van der Waals surface area contributed by atoms with Crippen molar-refractivity contribution < 1.29 is 4.79 Å². The molecule has 1 amide bonds. The van der Waals surface area contributed by atoms with Crippen molar-refractivity contribution in [3.8, 4) is 0 Å². The summed E-state index contributed by atoms with van der Waals surface area (Å²) in [5, 5.41) is 2.84. The van der Waals surface area contributed by atoms with Crippen molar-refractivity contribution in [3.05, 3.63) is 35.4 Å². The number of carbonyl (C=O) groups excluding carboxylic acids is 1. The molecule has 0 heterocycles. The Bertz CT molecular complexity index is 382. The highest BCUT2D eigenvalue weighted by Gasteiger charge is 2.25. The van der Waals surface area contributed by atoms with Crippen LogP contribution >= 0.6 is 11.6 Å². The molecule has 0 bridgehead atoms. The molecule has 0 radical (unpaired) electrons. The van der Waals surface area contributed by atoms with Gasteiger partial charge in [0.05, 0.1) is 17.3 Å². The van der Waals surface area contributed by atoms with E-state index in [4.69, 9.17) is 11.6 Å². The minimum atomic E-state index is -0.386. The molecule has 0 saturated carbocycles. The summed E-state index contributed by atoms with van der Waals surface area (Å²) in [6, 6.07) is 7.98. The van der Waals surface area contributed by atoms with Crippen LogP contribution in [-0.2, 0) is 11.2 Å². The summed E-state index contributed by atoms with van der Waals surface area (Å²) in [5.41, 5.74) is 1.83. The summed E-state index contributed by atoms with van der Waals surface area (Å²) >= 11 is 6.02. The van der Waals surface area contributed by atoms with Crippen LogP contribution in [0.4, 0.5) is 0 Å². The monoisotopic (exact) mass is 253 g/mol. The standard InChI is InChI=1S/C14H20ClNO/c1-10-5-7-12(8-6-10)9-13(17)16-14(3,4)11(2)15/h5-8,11H,9H2,1-4H3,(H,16,17). The molecule has 1 unspecified atom stereocenters. The molecular formula is C14H20ClNO. The van der Waals surface area contributed by atoms with Gasteiger partial charge in [-0.25, -0.2) is 0 Å². The number of carbonyl (C=O) groups is 1. The normalized spacial score (nSPS) is 13.2. The highest BCUT2D eigenvalue weighted by molar-refractivity contribution is 6.21. The van der Waals surface area contributed by atoms with Crippen LogP contribution in [0, 0.1) is 6.92 Å². The molecule has 0 aliphatic heterocycles. The number of hydrogen-bond donors (Lipinski definition) is 1. The summed E-state index contributed by atoms with van der Waals surface area (Å²) in [4.78, 5) is 11.8. The van der Waals surface area contributed by atoms with Gasteiger partial charge in [0, 0.05) is 0 Å². The van der Waals surface area contributed by atoms with Gasteiger partial charge in [0.15, 0.2) is 0 Å². The number of aryl methyl sites for hydroxylation is 1. The number of alkyl halides is 1. The first-order chi connectivity index (χ1) is 7.81. The molecule has 0 aromatic heterocycles. The highest BCUT2D eigenvalue weighted by atomic mass is 35.5. The lowest BCUT2D eigenvalue weighted by molar-refractivity contribution is -0.122. The molecule has 17 heavy (non-hydrogen) atoms. The predicted octanol–water partition coefficient (Wildman–Crippen LogP) is 3.06. The van der Waals surface area contributed by atoms with E-state index in [1.54, 1.807) is 0 Å². The zero-order valence-corrected chi connectivity index (χ0v) is 11.6. The quantitative estimate of drug-likeness (QED) is 0.821. The Labute approximate surface area is 108 Å². The number of rotatable bonds is 4. The predicted molar refractivity (Wildman–Crippen MR) is 72.4 cm³/mol. The van der Waals surface area contributed by atoms with Gasteiger partial charge in [-0.3, -0.25) is 4.79 Å². The van der Waals surface area contributed by atoms with Crippen LogP contribution in [0.3, 0.4) is 0 Å². The number of amides is 1. The van der Waals surface area contributed by atoms with Gasteiger partial charge >= 0.3 is 0 Å². The van der Waals surface area contributed by atoms with E-state index in [0.29, 0.717) is 6.42 Å². The van der Waals surface area contributed by atoms with E-state index >= 15 is 0 Å². The van der Waals surface area contributed by atoms with Crippen molar-refractivity contribution in [1.82, 2.24) is 5.32 Å². The smallest absolute Gasteiger partial charge is 0.224 e. The second kappa shape index (κ2) is 5.54. The largest absolute Gasteiger partial charge is 0.349 e. The summed E-state index contributed by atoms with van der Waals surface area (Å²) in [5.74, 6) is 0.00588. The minimum Gasteiger partial charge on any atom is -0.349 e. The molecular weight excluding hydrogens is 234 g/mol. The summed E-state index contributed by atoms with van der Waals surface area (Å²) in [6.45, 7) is 7.77. The van der Waals surface area contributed by atoms with Crippen molar-refractivity contribution in [2.24, 2.45) is 0 Å². The average molecular weight is 254 g/mol. The minimum absolute atomic E-state index is 0.00588. The van der Waals surface area contributed by atoms with Gasteiger partial charge in [-0.15, -0.1) is 11.6 Å². The fraction of sp³-hybridized carbons (Fsp3) is 0.500. The van der Waals surface area contributed by atoms with E-state index in [1.807, 2.05) is 52.0 Å². The molecule has 1 aromatic rings. The van der Waals surface area contributed by atoms with E-state index in [9.17, 15) is 4.79 Å². The number of benzene rings is 1. The van der Waals surface area contributed by atoms with Gasteiger partial charge in [0.25, 0.3) is 0 Å². The molecule has 0 aliphatic rings. The van der Waals surface area contributed by atoms with Crippen LogP contribution in [-0.4, -0.2) is 16.8 Å². The van der Waals surface area contributed by atoms with Gasteiger partial charge in [-0.2, -0.15) is 0 Å². The lowest BCUT2D eigenvalue weighted by Crippen LogP contribution is -2.49. The molecule has 3 heteroatoms. The van der Waals surface area contributed by atoms with Gasteiger partial charge in [-0.05, 0) is 33.3 Å². The van der Waals surface area contributed by atoms with Crippen LogP contribution < -0.4 is 5.32 Å². The molecule has 0 fully saturated rings. The third kappa shape index (κ3) is 4.39. The maximum atomic E-state index is 11.8. The van der Waals surface area contributed by atoms with E-state index in [-0.39, 0.29) is 16.8 Å². The van der Waals surface area contributed by atoms with Crippen molar-refractivity contribution in [2.45, 2.75) is 45.0 Å². The van der Waals surface area contributed by atoms with Crippen LogP contribution in [0.25, 0.3) is 0 Å². The lowest BCUT2D eigenvalue weighted by atomic mass is 10.0. The average Bonchev–Trinajstić information content (AvgIpc) is 2.20. The van der Waals surface area contributed by atoms with Gasteiger partial charge in [0.2, 0.25) is 5.91 Å². The maximum Gasteiger partial charge on any atom is 0.224 e. The molecule has 1 atom stereocenters. The molecule has 1 aromatic carbocycles. The van der Waals surface area contributed by atoms with E-state index in [1.165, 1.54) is 5.56 Å². The Balaban J connectivity index is 2.59. The maximum absolute atomic E-state index is 11.8. The first-order valence-corrected chi connectivity index (χ1v) is 6.25. The van der Waals surface area contributed by atoms with Crippen molar-refractivity contribution in [3.63, 3.8) is 0 Å². The Kier molecular flexibility index (Phi) is 4.58. The van der Waals surface area contributed by atoms with Crippen molar-refractivity contribution in [1.29, 1.82) is 0 Å². The molecule has 0 spiro atoms. The molecule has 0 aliphatic carbocycles. The van der Waals surface area contributed by atoms with Crippen LogP contribution in [0.5, 0.6) is 0 Å². The van der Waals surface area contributed by atoms with E-state index in [2.05, 4.69) is 5.32 Å². The molecule has 94 valence electrons. The fourth-order valence-corrected chi connectivity index (χ4v) is 1.45.